The molecule has 10 nitrogen and oxygen atoms in total. The number of aryl methyl sites for hydroxylation is 2. The Labute approximate surface area is 187 Å². The highest BCUT2D eigenvalue weighted by molar-refractivity contribution is 6.08. The van der Waals surface area contributed by atoms with E-state index in [1.54, 1.807) is 0 Å². The Kier molecular flexibility index (Phi) is 8.75. The second-order valence-corrected chi connectivity index (χ2v) is 6.76. The van der Waals surface area contributed by atoms with Crippen LogP contribution >= 0.6 is 0 Å². The zero-order chi connectivity index (χ0) is 24.4. The van der Waals surface area contributed by atoms with Crippen molar-refractivity contribution in [2.24, 2.45) is 0 Å². The van der Waals surface area contributed by atoms with E-state index in [1.807, 2.05) is 24.8 Å². The first kappa shape index (κ1) is 24.7. The molecule has 0 fully saturated rings. The Morgan fingerprint density at radius 3 is 1.61 bits per heavy atom. The van der Waals surface area contributed by atoms with Gasteiger partial charge in [0.2, 0.25) is 0 Å². The number of benzene rings is 1. The van der Waals surface area contributed by atoms with Crippen molar-refractivity contribution in [3.63, 3.8) is 0 Å². The van der Waals surface area contributed by atoms with Gasteiger partial charge in [-0.25, -0.2) is 19.4 Å². The molecule has 4 N–H and O–H groups in total. The molecule has 0 saturated heterocycles. The molecule has 0 unspecified atom stereocenters. The maximum absolute atomic E-state index is 10.8. The number of hydrogen-bond donors (Lipinski definition) is 3. The smallest absolute Gasteiger partial charge is 0.336 e. The predicted octanol–water partition coefficient (Wildman–Crippen LogP) is 1.22. The number of hydrogen-bond acceptors (Lipinski definition) is 6. The van der Waals surface area contributed by atoms with Crippen molar-refractivity contribution >= 4 is 23.9 Å². The van der Waals surface area contributed by atoms with Crippen molar-refractivity contribution in [1.82, 2.24) is 4.98 Å². The van der Waals surface area contributed by atoms with Gasteiger partial charge in [0.1, 0.15) is 0 Å². The van der Waals surface area contributed by atoms with E-state index < -0.39 is 46.1 Å². The summed E-state index contributed by atoms with van der Waals surface area (Å²) in [5.41, 5.74) is -0.630. The first-order valence-electron chi connectivity index (χ1n) is 9.64. The van der Waals surface area contributed by atoms with Gasteiger partial charge in [0.15, 0.2) is 12.4 Å². The first-order valence-corrected chi connectivity index (χ1v) is 9.64. The van der Waals surface area contributed by atoms with Gasteiger partial charge < -0.3 is 25.2 Å². The van der Waals surface area contributed by atoms with E-state index in [1.165, 1.54) is 17.5 Å². The van der Waals surface area contributed by atoms with Crippen LogP contribution in [0.4, 0.5) is 0 Å². The molecule has 0 atom stereocenters. The van der Waals surface area contributed by atoms with E-state index in [4.69, 9.17) is 15.3 Å². The van der Waals surface area contributed by atoms with Gasteiger partial charge in [0.05, 0.1) is 22.7 Å². The lowest BCUT2D eigenvalue weighted by Crippen LogP contribution is -2.26. The van der Waals surface area contributed by atoms with E-state index in [9.17, 15) is 24.3 Å². The summed E-state index contributed by atoms with van der Waals surface area (Å²) in [7, 11) is 0. The number of carbonyl (C=O) groups excluding carboxylic acids is 1. The maximum Gasteiger partial charge on any atom is 0.336 e. The van der Waals surface area contributed by atoms with Crippen LogP contribution in [0.3, 0.4) is 0 Å². The molecule has 0 aliphatic heterocycles. The second-order valence-electron chi connectivity index (χ2n) is 6.76. The van der Waals surface area contributed by atoms with Crippen molar-refractivity contribution in [3.05, 3.63) is 94.6 Å². The number of carboxylic acids is 4. The molecule has 33 heavy (non-hydrogen) atoms. The standard InChI is InChI=1S/C13H14N2.C10H6O8/c1(2-12-4-8-14-9-5-12)3-13-6-10-15-11-7-13;11-7(12)3-1-4(8(13)14)6(10(17)18)2-5(3)9(15)16/h4-11H,1-3H2;1-2H,(H,11,12)(H,13,14)(H,15,16)(H,17,18). The molecule has 0 spiro atoms. The van der Waals surface area contributed by atoms with Crippen LogP contribution in [-0.2, 0) is 12.8 Å². The minimum Gasteiger partial charge on any atom is -0.545 e. The van der Waals surface area contributed by atoms with Gasteiger partial charge in [-0.1, -0.05) is 0 Å². The molecule has 3 aromatic rings. The summed E-state index contributed by atoms with van der Waals surface area (Å²) in [6.07, 6.45) is 11.1. The Bertz CT molecular complexity index is 1010. The van der Waals surface area contributed by atoms with Gasteiger partial charge in [-0.3, -0.25) is 4.98 Å². The first-order chi connectivity index (χ1) is 15.7. The fourth-order valence-electron chi connectivity index (χ4n) is 2.93. The number of rotatable bonds is 8. The van der Waals surface area contributed by atoms with Crippen LogP contribution in [0.25, 0.3) is 0 Å². The van der Waals surface area contributed by atoms with Crippen molar-refractivity contribution in [2.75, 3.05) is 0 Å². The van der Waals surface area contributed by atoms with Crippen LogP contribution in [-0.4, -0.2) is 44.2 Å². The summed E-state index contributed by atoms with van der Waals surface area (Å²) in [6, 6.07) is 9.35. The summed E-state index contributed by atoms with van der Waals surface area (Å²) in [4.78, 5) is 50.0. The van der Waals surface area contributed by atoms with E-state index in [-0.39, 0.29) is 0 Å². The average Bonchev–Trinajstić information content (AvgIpc) is 2.79. The molecule has 2 heterocycles. The van der Waals surface area contributed by atoms with Crippen molar-refractivity contribution < 1.29 is 44.6 Å². The molecule has 0 aliphatic rings. The van der Waals surface area contributed by atoms with Crippen molar-refractivity contribution in [3.8, 4) is 0 Å². The van der Waals surface area contributed by atoms with Crippen LogP contribution < -0.4 is 10.1 Å². The second kappa shape index (κ2) is 11.7. The fraction of sp³-hybridized carbons (Fsp3) is 0.130. The zero-order valence-corrected chi connectivity index (χ0v) is 17.2. The fourth-order valence-corrected chi connectivity index (χ4v) is 2.93. The summed E-state index contributed by atoms with van der Waals surface area (Å²) >= 11 is 0. The molecule has 2 aromatic heterocycles. The molecular formula is C23H20N2O8. The van der Waals surface area contributed by atoms with Gasteiger partial charge in [0.25, 0.3) is 0 Å². The predicted molar refractivity (Wildman–Crippen MR) is 111 cm³/mol. The van der Waals surface area contributed by atoms with E-state index >= 15 is 0 Å². The van der Waals surface area contributed by atoms with Crippen LogP contribution in [0.1, 0.15) is 59.0 Å². The molecule has 0 saturated carbocycles. The number of aromatic carboxylic acids is 4. The molecule has 1 aromatic carbocycles. The summed E-state index contributed by atoms with van der Waals surface area (Å²) in [6.45, 7) is 0. The third kappa shape index (κ3) is 7.24. The molecule has 10 heteroatoms. The van der Waals surface area contributed by atoms with E-state index in [0.717, 1.165) is 12.8 Å². The minimum absolute atomic E-state index is 0.449. The molecule has 0 amide bonds. The van der Waals surface area contributed by atoms with E-state index in [2.05, 4.69) is 34.2 Å². The highest BCUT2D eigenvalue weighted by atomic mass is 16.4. The lowest BCUT2D eigenvalue weighted by molar-refractivity contribution is -0.378. The number of nitrogens with zero attached hydrogens (tertiary/aromatic N) is 1. The summed E-state index contributed by atoms with van der Waals surface area (Å²) in [5.74, 6) is -6.98. The Morgan fingerprint density at radius 2 is 1.15 bits per heavy atom. The lowest BCUT2D eigenvalue weighted by Gasteiger charge is -2.10. The quantitative estimate of drug-likeness (QED) is 0.453. The summed E-state index contributed by atoms with van der Waals surface area (Å²) < 4.78 is 0. The number of aromatic nitrogens is 2. The number of aromatic amines is 1. The number of carbonyl (C=O) groups is 4. The van der Waals surface area contributed by atoms with Gasteiger partial charge in [-0.05, 0) is 54.7 Å². The van der Waals surface area contributed by atoms with Crippen LogP contribution in [0.5, 0.6) is 0 Å². The van der Waals surface area contributed by atoms with Gasteiger partial charge >= 0.3 is 17.9 Å². The third-order valence-electron chi connectivity index (χ3n) is 4.54. The van der Waals surface area contributed by atoms with Crippen LogP contribution in [0.15, 0.2) is 61.2 Å². The zero-order valence-electron chi connectivity index (χ0n) is 17.2. The van der Waals surface area contributed by atoms with Gasteiger partial charge in [-0.2, -0.15) is 0 Å². The number of H-pyrrole nitrogens is 1. The molecule has 170 valence electrons. The molecule has 0 bridgehead atoms. The molecule has 0 aliphatic carbocycles. The largest absolute Gasteiger partial charge is 0.545 e. The van der Waals surface area contributed by atoms with Gasteiger partial charge in [0, 0.05) is 30.1 Å². The summed E-state index contributed by atoms with van der Waals surface area (Å²) in [5, 5.41) is 36.8. The van der Waals surface area contributed by atoms with Crippen LogP contribution in [0.2, 0.25) is 0 Å². The molecular weight excluding hydrogens is 432 g/mol. The minimum atomic E-state index is -1.91. The SMILES string of the molecule is O=C([O-])c1cc(C(=O)O)c(C(=O)O)cc1C(=O)O.c1cc(CCCc2cc[nH+]cc2)ccn1. The Morgan fingerprint density at radius 1 is 0.727 bits per heavy atom. The normalized spacial score (nSPS) is 9.94. The van der Waals surface area contributed by atoms with Gasteiger partial charge in [-0.15, -0.1) is 0 Å². The number of carboxylic acid groups (broad SMARTS) is 4. The molecule has 3 rings (SSSR count). The molecule has 0 radical (unpaired) electrons. The maximum atomic E-state index is 10.8. The average molecular weight is 452 g/mol. The Hall–Kier alpha value is -4.60. The lowest BCUT2D eigenvalue weighted by atomic mass is 9.98. The number of pyridine rings is 2. The number of nitrogens with one attached hydrogen (secondary N) is 1. The highest BCUT2D eigenvalue weighted by Gasteiger charge is 2.22. The highest BCUT2D eigenvalue weighted by Crippen LogP contribution is 2.18. The van der Waals surface area contributed by atoms with Crippen molar-refractivity contribution in [2.45, 2.75) is 19.3 Å². The monoisotopic (exact) mass is 452 g/mol. The third-order valence-corrected chi connectivity index (χ3v) is 4.54. The topological polar surface area (TPSA) is 179 Å². The van der Waals surface area contributed by atoms with Crippen molar-refractivity contribution in [1.29, 1.82) is 0 Å². The Balaban J connectivity index is 0.000000237. The van der Waals surface area contributed by atoms with E-state index in [0.29, 0.717) is 12.1 Å². The van der Waals surface area contributed by atoms with Crippen LogP contribution in [0, 0.1) is 0 Å².